The molecule has 3 N–H and O–H groups in total. The van der Waals surface area contributed by atoms with Crippen molar-refractivity contribution in [2.24, 2.45) is 5.92 Å². The summed E-state index contributed by atoms with van der Waals surface area (Å²) in [4.78, 5) is 38.7. The molecule has 120 valence electrons. The summed E-state index contributed by atoms with van der Waals surface area (Å²) in [5.41, 5.74) is 0.907. The Bertz CT molecular complexity index is 557. The van der Waals surface area contributed by atoms with Gasteiger partial charge in [-0.25, -0.2) is 9.78 Å². The first-order valence-electron chi connectivity index (χ1n) is 7.03. The van der Waals surface area contributed by atoms with E-state index in [0.717, 1.165) is 0 Å². The van der Waals surface area contributed by atoms with Crippen LogP contribution in [-0.2, 0) is 9.59 Å². The first-order valence-corrected chi connectivity index (χ1v) is 7.03. The van der Waals surface area contributed by atoms with E-state index in [0.29, 0.717) is 12.1 Å². The first-order chi connectivity index (χ1) is 10.3. The van der Waals surface area contributed by atoms with Gasteiger partial charge < -0.3 is 15.7 Å². The molecule has 22 heavy (non-hydrogen) atoms. The maximum Gasteiger partial charge on any atom is 0.326 e. The molecule has 0 saturated heterocycles. The van der Waals surface area contributed by atoms with Gasteiger partial charge in [-0.1, -0.05) is 19.9 Å². The van der Waals surface area contributed by atoms with Crippen molar-refractivity contribution in [3.8, 4) is 0 Å². The summed E-state index contributed by atoms with van der Waals surface area (Å²) in [6.07, 6.45) is 0.328. The van der Waals surface area contributed by atoms with Crippen molar-refractivity contribution in [1.29, 1.82) is 0 Å². The molecule has 7 nitrogen and oxygen atoms in total. The van der Waals surface area contributed by atoms with Gasteiger partial charge in [0.1, 0.15) is 11.7 Å². The molecule has 7 heteroatoms. The summed E-state index contributed by atoms with van der Waals surface area (Å²) in [6, 6.07) is 4.04. The van der Waals surface area contributed by atoms with Gasteiger partial charge in [-0.05, 0) is 31.4 Å². The summed E-state index contributed by atoms with van der Waals surface area (Å²) < 4.78 is 0. The third-order valence-corrected chi connectivity index (χ3v) is 2.87. The van der Waals surface area contributed by atoms with Crippen molar-refractivity contribution >= 4 is 17.8 Å². The minimum Gasteiger partial charge on any atom is -0.480 e. The van der Waals surface area contributed by atoms with E-state index in [1.165, 1.54) is 0 Å². The third kappa shape index (κ3) is 5.90. The average molecular weight is 307 g/mol. The molecule has 0 aliphatic heterocycles. The number of hydrogen-bond acceptors (Lipinski definition) is 4. The molecule has 2 amide bonds. The lowest BCUT2D eigenvalue weighted by Gasteiger charge is -2.16. The zero-order valence-electron chi connectivity index (χ0n) is 12.9. The Morgan fingerprint density at radius 2 is 1.95 bits per heavy atom. The van der Waals surface area contributed by atoms with Crippen LogP contribution in [0.2, 0.25) is 0 Å². The van der Waals surface area contributed by atoms with E-state index < -0.39 is 23.8 Å². The molecular weight excluding hydrogens is 286 g/mol. The molecule has 0 aliphatic rings. The van der Waals surface area contributed by atoms with Crippen LogP contribution in [0.1, 0.15) is 36.5 Å². The van der Waals surface area contributed by atoms with E-state index in [1.54, 1.807) is 25.1 Å². The molecule has 1 rings (SSSR count). The number of aromatic nitrogens is 1. The Morgan fingerprint density at radius 3 is 2.50 bits per heavy atom. The Balaban J connectivity index is 2.51. The van der Waals surface area contributed by atoms with E-state index in [9.17, 15) is 14.4 Å². The Hall–Kier alpha value is -2.44. The van der Waals surface area contributed by atoms with Gasteiger partial charge in [-0.3, -0.25) is 9.59 Å². The zero-order valence-corrected chi connectivity index (χ0v) is 12.9. The largest absolute Gasteiger partial charge is 0.480 e. The lowest BCUT2D eigenvalue weighted by Crippen LogP contribution is -2.46. The van der Waals surface area contributed by atoms with E-state index in [4.69, 9.17) is 5.11 Å². The van der Waals surface area contributed by atoms with Gasteiger partial charge in [0, 0.05) is 5.69 Å². The fourth-order valence-corrected chi connectivity index (χ4v) is 1.86. The number of carboxylic acid groups (broad SMARTS) is 1. The molecule has 1 atom stereocenters. The van der Waals surface area contributed by atoms with Crippen molar-refractivity contribution in [2.45, 2.75) is 33.2 Å². The molecule has 0 unspecified atom stereocenters. The topological polar surface area (TPSA) is 108 Å². The molecule has 0 bridgehead atoms. The summed E-state index contributed by atoms with van der Waals surface area (Å²) in [5, 5.41) is 13.9. The number of carbonyl (C=O) groups excluding carboxylic acids is 2. The Kier molecular flexibility index (Phi) is 6.49. The number of carbonyl (C=O) groups is 3. The molecule has 1 aromatic heterocycles. The fourth-order valence-electron chi connectivity index (χ4n) is 1.86. The van der Waals surface area contributed by atoms with Crippen molar-refractivity contribution in [1.82, 2.24) is 15.6 Å². The second-order valence-electron chi connectivity index (χ2n) is 5.43. The summed E-state index contributed by atoms with van der Waals surface area (Å²) in [6.45, 7) is 5.20. The smallest absolute Gasteiger partial charge is 0.326 e. The van der Waals surface area contributed by atoms with Gasteiger partial charge >= 0.3 is 5.97 Å². The van der Waals surface area contributed by atoms with E-state index in [1.807, 2.05) is 13.8 Å². The highest BCUT2D eigenvalue weighted by Gasteiger charge is 2.21. The SMILES string of the molecule is Cc1cccc(C(=O)NCC(=O)N[C@@H](CC(C)C)C(=O)O)n1. The molecule has 0 fully saturated rings. The number of nitrogens with one attached hydrogen (secondary N) is 2. The molecule has 0 aliphatic carbocycles. The summed E-state index contributed by atoms with van der Waals surface area (Å²) in [7, 11) is 0. The van der Waals surface area contributed by atoms with Crippen LogP contribution >= 0.6 is 0 Å². The quantitative estimate of drug-likeness (QED) is 0.688. The highest BCUT2D eigenvalue weighted by molar-refractivity contribution is 5.95. The van der Waals surface area contributed by atoms with E-state index in [2.05, 4.69) is 15.6 Å². The Morgan fingerprint density at radius 1 is 1.27 bits per heavy atom. The molecule has 0 radical (unpaired) electrons. The maximum atomic E-state index is 11.8. The molecule has 1 heterocycles. The van der Waals surface area contributed by atoms with Gasteiger partial charge in [0.25, 0.3) is 5.91 Å². The highest BCUT2D eigenvalue weighted by Crippen LogP contribution is 2.04. The third-order valence-electron chi connectivity index (χ3n) is 2.87. The first kappa shape index (κ1) is 17.6. The molecule has 0 saturated carbocycles. The van der Waals surface area contributed by atoms with Crippen molar-refractivity contribution in [3.63, 3.8) is 0 Å². The number of amides is 2. The van der Waals surface area contributed by atoms with Crippen molar-refractivity contribution in [2.75, 3.05) is 6.54 Å². The molecule has 0 aromatic carbocycles. The number of hydrogen-bond donors (Lipinski definition) is 3. The predicted molar refractivity (Wildman–Crippen MR) is 80.3 cm³/mol. The van der Waals surface area contributed by atoms with Gasteiger partial charge in [0.05, 0.1) is 6.54 Å². The van der Waals surface area contributed by atoms with Crippen LogP contribution in [0.25, 0.3) is 0 Å². The van der Waals surface area contributed by atoms with Crippen molar-refractivity contribution in [3.05, 3.63) is 29.6 Å². The second kappa shape index (κ2) is 8.11. The van der Waals surface area contributed by atoms with Crippen LogP contribution in [0.4, 0.5) is 0 Å². The highest BCUT2D eigenvalue weighted by atomic mass is 16.4. The Labute approximate surface area is 129 Å². The van der Waals surface area contributed by atoms with Crippen LogP contribution in [0, 0.1) is 12.8 Å². The maximum absolute atomic E-state index is 11.8. The number of aryl methyl sites for hydroxylation is 1. The van der Waals surface area contributed by atoms with Gasteiger partial charge in [-0.15, -0.1) is 0 Å². The standard InChI is InChI=1S/C15H21N3O4/c1-9(2)7-12(15(21)22)18-13(19)8-16-14(20)11-6-4-5-10(3)17-11/h4-6,9,12H,7-8H2,1-3H3,(H,16,20)(H,18,19)(H,21,22)/t12-/m0/s1. The molecular formula is C15H21N3O4. The van der Waals surface area contributed by atoms with Crippen LogP contribution in [0.5, 0.6) is 0 Å². The lowest BCUT2D eigenvalue weighted by atomic mass is 10.0. The number of aliphatic carboxylic acids is 1. The lowest BCUT2D eigenvalue weighted by molar-refractivity contribution is -0.142. The molecule has 0 spiro atoms. The van der Waals surface area contributed by atoms with Crippen LogP contribution in [0.3, 0.4) is 0 Å². The van der Waals surface area contributed by atoms with Gasteiger partial charge in [0.2, 0.25) is 5.91 Å². The minimum atomic E-state index is -1.09. The van der Waals surface area contributed by atoms with E-state index in [-0.39, 0.29) is 18.2 Å². The van der Waals surface area contributed by atoms with Gasteiger partial charge in [0.15, 0.2) is 0 Å². The average Bonchev–Trinajstić information content (AvgIpc) is 2.43. The van der Waals surface area contributed by atoms with Crippen molar-refractivity contribution < 1.29 is 19.5 Å². The van der Waals surface area contributed by atoms with Gasteiger partial charge in [-0.2, -0.15) is 0 Å². The summed E-state index contributed by atoms with van der Waals surface area (Å²) >= 11 is 0. The number of pyridine rings is 1. The van der Waals surface area contributed by atoms with Crippen LogP contribution in [-0.4, -0.2) is 40.5 Å². The zero-order chi connectivity index (χ0) is 16.7. The monoisotopic (exact) mass is 307 g/mol. The van der Waals surface area contributed by atoms with Crippen LogP contribution < -0.4 is 10.6 Å². The fraction of sp³-hybridized carbons (Fsp3) is 0.467. The molecule has 1 aromatic rings. The number of nitrogens with zero attached hydrogens (tertiary/aromatic N) is 1. The minimum absolute atomic E-state index is 0.132. The summed E-state index contributed by atoms with van der Waals surface area (Å²) in [5.74, 6) is -1.98. The second-order valence-corrected chi connectivity index (χ2v) is 5.43. The number of rotatable bonds is 7. The predicted octanol–water partition coefficient (Wildman–Crippen LogP) is 0.735. The normalized spacial score (nSPS) is 11.8. The number of carboxylic acids is 1. The van der Waals surface area contributed by atoms with E-state index >= 15 is 0 Å². The van der Waals surface area contributed by atoms with Crippen LogP contribution in [0.15, 0.2) is 18.2 Å².